The molecule has 0 radical (unpaired) electrons. The molecule has 0 saturated carbocycles. The van der Waals surface area contributed by atoms with Crippen LogP contribution in [0.25, 0.3) is 0 Å². The largest absolute Gasteiger partial charge is 0.448 e. The van der Waals surface area contributed by atoms with Crippen LogP contribution in [0, 0.1) is 5.92 Å². The van der Waals surface area contributed by atoms with Crippen LogP contribution in [0.2, 0.25) is 0 Å². The van der Waals surface area contributed by atoms with Gasteiger partial charge in [-0.3, -0.25) is 4.79 Å². The van der Waals surface area contributed by atoms with E-state index in [0.29, 0.717) is 18.2 Å². The minimum absolute atomic E-state index is 0.215. The molecule has 0 aromatic carbocycles. The molecule has 1 saturated heterocycles. The highest BCUT2D eigenvalue weighted by atomic mass is 16.6. The smallest absolute Gasteiger partial charge is 0.431 e. The summed E-state index contributed by atoms with van der Waals surface area (Å²) >= 11 is 0. The second-order valence-corrected chi connectivity index (χ2v) is 4.22. The molecular formula is C11H21N3O3. The lowest BCUT2D eigenvalue weighted by Gasteiger charge is -2.24. The molecule has 0 bridgehead atoms. The summed E-state index contributed by atoms with van der Waals surface area (Å²) in [6.07, 6.45) is 2.64. The van der Waals surface area contributed by atoms with Crippen molar-refractivity contribution in [2.45, 2.75) is 32.6 Å². The molecule has 6 nitrogen and oxygen atoms in total. The molecule has 1 unspecified atom stereocenters. The number of hydrogen-bond acceptors (Lipinski definition) is 5. The molecule has 1 heterocycles. The third-order valence-electron chi connectivity index (χ3n) is 2.80. The Labute approximate surface area is 101 Å². The van der Waals surface area contributed by atoms with Crippen molar-refractivity contribution in [3.63, 3.8) is 0 Å². The topological polar surface area (TPSA) is 84.7 Å². The average Bonchev–Trinajstić information content (AvgIpc) is 2.38. The molecule has 0 spiro atoms. The van der Waals surface area contributed by atoms with Gasteiger partial charge in [0.1, 0.15) is 0 Å². The van der Waals surface area contributed by atoms with Crippen molar-refractivity contribution in [1.82, 2.24) is 10.3 Å². The maximum absolute atomic E-state index is 11.8. The maximum Gasteiger partial charge on any atom is 0.431 e. The molecule has 1 aliphatic heterocycles. The van der Waals surface area contributed by atoms with Crippen molar-refractivity contribution in [3.05, 3.63) is 0 Å². The fourth-order valence-electron chi connectivity index (χ4n) is 1.72. The lowest BCUT2D eigenvalue weighted by molar-refractivity contribution is -0.134. The van der Waals surface area contributed by atoms with Crippen molar-refractivity contribution in [2.75, 3.05) is 19.7 Å². The summed E-state index contributed by atoms with van der Waals surface area (Å²) in [5.74, 6) is 4.88. The van der Waals surface area contributed by atoms with Gasteiger partial charge in [0.2, 0.25) is 0 Å². The van der Waals surface area contributed by atoms with Crippen LogP contribution in [0.4, 0.5) is 4.79 Å². The van der Waals surface area contributed by atoms with Crippen LogP contribution >= 0.6 is 0 Å². The van der Waals surface area contributed by atoms with Gasteiger partial charge in [-0.2, -0.15) is 5.01 Å². The molecule has 0 aromatic rings. The summed E-state index contributed by atoms with van der Waals surface area (Å²) in [5, 5.41) is 3.71. The zero-order chi connectivity index (χ0) is 12.7. The number of nitrogens with one attached hydrogen (secondary N) is 1. The van der Waals surface area contributed by atoms with Gasteiger partial charge in [0, 0.05) is 6.54 Å². The summed E-state index contributed by atoms with van der Waals surface area (Å²) in [6, 6.07) is 0. The van der Waals surface area contributed by atoms with Gasteiger partial charge in [-0.15, -0.1) is 0 Å². The lowest BCUT2D eigenvalue weighted by Crippen LogP contribution is -2.49. The first-order chi connectivity index (χ1) is 8.16. The number of unbranched alkanes of at least 4 members (excludes halogenated alkanes) is 1. The predicted molar refractivity (Wildman–Crippen MR) is 62.9 cm³/mol. The van der Waals surface area contributed by atoms with Gasteiger partial charge in [-0.25, -0.2) is 10.6 Å². The van der Waals surface area contributed by atoms with Crippen LogP contribution in [0.5, 0.6) is 0 Å². The maximum atomic E-state index is 11.8. The molecule has 1 atom stereocenters. The van der Waals surface area contributed by atoms with Crippen molar-refractivity contribution in [1.29, 1.82) is 0 Å². The van der Waals surface area contributed by atoms with Crippen LogP contribution in [-0.2, 0) is 9.53 Å². The Balaban J connectivity index is 2.36. The van der Waals surface area contributed by atoms with Crippen LogP contribution < -0.4 is 11.2 Å². The monoisotopic (exact) mass is 243 g/mol. The Morgan fingerprint density at radius 2 is 2.29 bits per heavy atom. The first-order valence-corrected chi connectivity index (χ1v) is 6.13. The minimum atomic E-state index is -0.756. The number of rotatable bonds is 4. The fourth-order valence-corrected chi connectivity index (χ4v) is 1.72. The van der Waals surface area contributed by atoms with Crippen molar-refractivity contribution in [3.8, 4) is 0 Å². The highest BCUT2D eigenvalue weighted by Crippen LogP contribution is 2.12. The highest BCUT2D eigenvalue weighted by Gasteiger charge is 2.28. The van der Waals surface area contributed by atoms with Crippen LogP contribution in [0.1, 0.15) is 32.6 Å². The number of nitrogens with two attached hydrogens (primary N) is 1. The van der Waals surface area contributed by atoms with Gasteiger partial charge in [0.25, 0.3) is 5.91 Å². The van der Waals surface area contributed by atoms with E-state index < -0.39 is 6.09 Å². The Kier molecular flexibility index (Phi) is 5.93. The van der Waals surface area contributed by atoms with Gasteiger partial charge >= 0.3 is 6.09 Å². The van der Waals surface area contributed by atoms with Crippen molar-refractivity contribution < 1.29 is 14.3 Å². The molecular weight excluding hydrogens is 222 g/mol. The van der Waals surface area contributed by atoms with Crippen molar-refractivity contribution in [2.24, 2.45) is 11.8 Å². The van der Waals surface area contributed by atoms with E-state index in [1.165, 1.54) is 0 Å². The average molecular weight is 243 g/mol. The van der Waals surface area contributed by atoms with Crippen LogP contribution in [-0.4, -0.2) is 36.7 Å². The molecule has 1 rings (SSSR count). The molecule has 6 heteroatoms. The highest BCUT2D eigenvalue weighted by molar-refractivity contribution is 5.92. The van der Waals surface area contributed by atoms with Gasteiger partial charge in [0.15, 0.2) is 0 Å². The second-order valence-electron chi connectivity index (χ2n) is 4.22. The second kappa shape index (κ2) is 7.24. The summed E-state index contributed by atoms with van der Waals surface area (Å²) < 4.78 is 4.88. The number of amides is 2. The molecule has 1 aliphatic rings. The zero-order valence-corrected chi connectivity index (χ0v) is 10.3. The normalized spacial score (nSPS) is 19.8. The van der Waals surface area contributed by atoms with Crippen LogP contribution in [0.3, 0.4) is 0 Å². The number of hydrogen-bond donors (Lipinski definition) is 2. The van der Waals surface area contributed by atoms with E-state index in [1.54, 1.807) is 0 Å². The molecule has 3 N–H and O–H groups in total. The molecule has 98 valence electrons. The number of piperidine rings is 1. The zero-order valence-electron chi connectivity index (χ0n) is 10.3. The Bertz CT molecular complexity index is 265. The number of ether oxygens (including phenoxy) is 1. The lowest BCUT2D eigenvalue weighted by atomic mass is 9.99. The molecule has 0 aliphatic carbocycles. The first-order valence-electron chi connectivity index (χ1n) is 6.13. The fraction of sp³-hybridized carbons (Fsp3) is 0.818. The van der Waals surface area contributed by atoms with E-state index in [-0.39, 0.29) is 11.8 Å². The quantitative estimate of drug-likeness (QED) is 0.327. The number of carbonyl (C=O) groups excluding carboxylic acids is 2. The molecule has 2 amide bonds. The van der Waals surface area contributed by atoms with Gasteiger partial charge < -0.3 is 10.1 Å². The Morgan fingerprint density at radius 1 is 1.53 bits per heavy atom. The standard InChI is InChI=1S/C11H21N3O3/c1-2-3-7-17-11(16)14(12)10(15)9-5-4-6-13-8-9/h9,13H,2-8,12H2,1H3. The summed E-state index contributed by atoms with van der Waals surface area (Å²) in [7, 11) is 0. The van der Waals surface area contributed by atoms with E-state index in [0.717, 1.165) is 32.2 Å². The van der Waals surface area contributed by atoms with Gasteiger partial charge in [-0.1, -0.05) is 13.3 Å². The van der Waals surface area contributed by atoms with E-state index in [9.17, 15) is 9.59 Å². The van der Waals surface area contributed by atoms with Crippen LogP contribution in [0.15, 0.2) is 0 Å². The van der Waals surface area contributed by atoms with Crippen molar-refractivity contribution >= 4 is 12.0 Å². The first kappa shape index (κ1) is 13.9. The third-order valence-corrected chi connectivity index (χ3v) is 2.80. The predicted octanol–water partition coefficient (Wildman–Crippen LogP) is 0.625. The number of imide groups is 1. The summed E-state index contributed by atoms with van der Waals surface area (Å²) in [6.45, 7) is 3.79. The molecule has 1 fully saturated rings. The third kappa shape index (κ3) is 4.32. The minimum Gasteiger partial charge on any atom is -0.448 e. The van der Waals surface area contributed by atoms with E-state index in [2.05, 4.69) is 5.32 Å². The summed E-state index contributed by atoms with van der Waals surface area (Å²) in [4.78, 5) is 23.3. The van der Waals surface area contributed by atoms with E-state index in [1.807, 2.05) is 6.92 Å². The van der Waals surface area contributed by atoms with Gasteiger partial charge in [0.05, 0.1) is 12.5 Å². The van der Waals surface area contributed by atoms with Gasteiger partial charge in [-0.05, 0) is 25.8 Å². The summed E-state index contributed by atoms with van der Waals surface area (Å²) in [5.41, 5.74) is 0. The number of nitrogens with zero attached hydrogens (tertiary/aromatic N) is 1. The molecule has 0 aromatic heterocycles. The Hall–Kier alpha value is -1.14. The number of hydrazine groups is 1. The molecule has 17 heavy (non-hydrogen) atoms. The number of carbonyl (C=O) groups is 2. The van der Waals surface area contributed by atoms with E-state index in [4.69, 9.17) is 10.6 Å². The Morgan fingerprint density at radius 3 is 2.88 bits per heavy atom. The SMILES string of the molecule is CCCCOC(=O)N(N)C(=O)C1CCCNC1. The van der Waals surface area contributed by atoms with E-state index >= 15 is 0 Å².